The lowest BCUT2D eigenvalue weighted by Gasteiger charge is -2.21. The first kappa shape index (κ1) is 20.9. The van der Waals surface area contributed by atoms with Gasteiger partial charge >= 0.3 is 0 Å². The maximum atomic E-state index is 14.6. The largest absolute Gasteiger partial charge is 0.481 e. The number of pyridine rings is 1. The lowest BCUT2D eigenvalue weighted by atomic mass is 10.1. The maximum Gasteiger partial charge on any atom is 0.255 e. The second-order valence-electron chi connectivity index (χ2n) is 6.63. The summed E-state index contributed by atoms with van der Waals surface area (Å²) in [6.07, 6.45) is 0.643. The number of hydrazone groups is 1. The van der Waals surface area contributed by atoms with Gasteiger partial charge in [0, 0.05) is 17.7 Å². The number of methoxy groups -OCH3 is 1. The summed E-state index contributed by atoms with van der Waals surface area (Å²) in [5.74, 6) is -4.00. The molecule has 0 spiro atoms. The van der Waals surface area contributed by atoms with E-state index in [0.717, 1.165) is 12.1 Å². The predicted octanol–water partition coefficient (Wildman–Crippen LogP) is 3.47. The van der Waals surface area contributed by atoms with Gasteiger partial charge < -0.3 is 9.47 Å². The fraction of sp³-hybridized carbons (Fsp3) is 0.250. The molecule has 0 saturated carbocycles. The van der Waals surface area contributed by atoms with E-state index in [9.17, 15) is 18.4 Å². The van der Waals surface area contributed by atoms with Crippen molar-refractivity contribution in [2.24, 2.45) is 5.10 Å². The third kappa shape index (κ3) is 3.96. The van der Waals surface area contributed by atoms with Crippen LogP contribution in [0.2, 0.25) is 0 Å². The zero-order chi connectivity index (χ0) is 22.0. The Morgan fingerprint density at radius 1 is 1.20 bits per heavy atom. The van der Waals surface area contributed by atoms with E-state index < -0.39 is 41.2 Å². The molecule has 0 fully saturated rings. The number of nitrogens with zero attached hydrogens (tertiary/aromatic N) is 4. The van der Waals surface area contributed by atoms with Gasteiger partial charge in [-0.3, -0.25) is 9.59 Å². The van der Waals surface area contributed by atoms with Crippen molar-refractivity contribution in [1.82, 2.24) is 4.98 Å². The van der Waals surface area contributed by atoms with Crippen molar-refractivity contribution in [3.8, 4) is 23.4 Å². The number of ether oxygens (including phenoxy) is 2. The zero-order valence-electron chi connectivity index (χ0n) is 16.3. The Bertz CT molecular complexity index is 1090. The highest BCUT2D eigenvalue weighted by atomic mass is 19.1. The van der Waals surface area contributed by atoms with Gasteiger partial charge in [0.1, 0.15) is 11.8 Å². The zero-order valence-corrected chi connectivity index (χ0v) is 16.3. The van der Waals surface area contributed by atoms with Crippen molar-refractivity contribution in [3.05, 3.63) is 41.6 Å². The molecule has 0 saturated heterocycles. The van der Waals surface area contributed by atoms with E-state index >= 15 is 0 Å². The number of Topliss-reactive ketones (excluding diaryl/α,β-unsaturated/α-hetero) is 1. The van der Waals surface area contributed by atoms with Gasteiger partial charge in [-0.25, -0.2) is 13.8 Å². The highest BCUT2D eigenvalue weighted by Gasteiger charge is 2.30. The molecule has 10 heteroatoms. The number of halogens is 2. The summed E-state index contributed by atoms with van der Waals surface area (Å²) >= 11 is 0. The van der Waals surface area contributed by atoms with E-state index in [1.165, 1.54) is 13.3 Å². The van der Waals surface area contributed by atoms with Crippen molar-refractivity contribution in [1.29, 1.82) is 5.26 Å². The van der Waals surface area contributed by atoms with Crippen LogP contribution in [0.15, 0.2) is 29.5 Å². The summed E-state index contributed by atoms with van der Waals surface area (Å²) in [6, 6.07) is 4.76. The van der Waals surface area contributed by atoms with Crippen LogP contribution in [-0.2, 0) is 9.59 Å². The first-order valence-corrected chi connectivity index (χ1v) is 8.80. The van der Waals surface area contributed by atoms with E-state index in [0.29, 0.717) is 16.5 Å². The van der Waals surface area contributed by atoms with Crippen LogP contribution in [0.5, 0.6) is 17.4 Å². The predicted molar refractivity (Wildman–Crippen MR) is 101 cm³/mol. The SMILES string of the molecule is COc1ncc(Oc2c(F)cc(N3N=C(C#N)C(=O)CC3=O)cc2F)cc1C(C)C. The number of amides is 1. The average Bonchev–Trinajstić information content (AvgIpc) is 2.70. The molecule has 2 aromatic rings. The molecule has 1 aromatic heterocycles. The normalized spacial score (nSPS) is 13.9. The lowest BCUT2D eigenvalue weighted by Crippen LogP contribution is -2.36. The van der Waals surface area contributed by atoms with Crippen LogP contribution < -0.4 is 14.5 Å². The topological polar surface area (TPSA) is 105 Å². The molecular weight excluding hydrogens is 398 g/mol. The first-order chi connectivity index (χ1) is 14.2. The molecule has 1 aliphatic rings. The van der Waals surface area contributed by atoms with E-state index in [2.05, 4.69) is 10.1 Å². The fourth-order valence-electron chi connectivity index (χ4n) is 2.77. The van der Waals surface area contributed by atoms with E-state index in [4.69, 9.17) is 14.7 Å². The number of carbonyl (C=O) groups excluding carboxylic acids is 2. The van der Waals surface area contributed by atoms with Gasteiger partial charge in [0.2, 0.25) is 17.4 Å². The summed E-state index contributed by atoms with van der Waals surface area (Å²) in [5, 5.41) is 13.1. The van der Waals surface area contributed by atoms with Crippen molar-refractivity contribution in [3.63, 3.8) is 0 Å². The maximum absolute atomic E-state index is 14.6. The molecule has 1 amide bonds. The van der Waals surface area contributed by atoms with Crippen LogP contribution in [0.4, 0.5) is 14.5 Å². The molecule has 1 aliphatic heterocycles. The Morgan fingerprint density at radius 2 is 1.87 bits per heavy atom. The van der Waals surface area contributed by atoms with Gasteiger partial charge in [-0.2, -0.15) is 15.4 Å². The van der Waals surface area contributed by atoms with Crippen molar-refractivity contribution >= 4 is 23.1 Å². The van der Waals surface area contributed by atoms with Crippen LogP contribution in [0, 0.1) is 23.0 Å². The molecule has 0 N–H and O–H groups in total. The van der Waals surface area contributed by atoms with Crippen molar-refractivity contribution in [2.45, 2.75) is 26.2 Å². The monoisotopic (exact) mass is 414 g/mol. The Kier molecular flexibility index (Phi) is 5.73. The molecule has 154 valence electrons. The van der Waals surface area contributed by atoms with Gasteiger partial charge in [-0.05, 0) is 12.0 Å². The number of benzene rings is 1. The molecular formula is C20H16F2N4O4. The van der Waals surface area contributed by atoms with Gasteiger partial charge in [0.15, 0.2) is 17.4 Å². The van der Waals surface area contributed by atoms with Gasteiger partial charge in [0.25, 0.3) is 5.91 Å². The van der Waals surface area contributed by atoms with E-state index in [1.54, 1.807) is 12.1 Å². The molecule has 1 aromatic carbocycles. The third-order valence-corrected chi connectivity index (χ3v) is 4.23. The number of aromatic nitrogens is 1. The first-order valence-electron chi connectivity index (χ1n) is 8.80. The Hall–Kier alpha value is -3.87. The highest BCUT2D eigenvalue weighted by Crippen LogP contribution is 2.34. The molecule has 0 bridgehead atoms. The number of anilines is 1. The highest BCUT2D eigenvalue weighted by molar-refractivity contribution is 6.50. The summed E-state index contributed by atoms with van der Waals surface area (Å²) in [6.45, 7) is 3.80. The average molecular weight is 414 g/mol. The molecule has 0 unspecified atom stereocenters. The number of hydrogen-bond donors (Lipinski definition) is 0. The van der Waals surface area contributed by atoms with Crippen molar-refractivity contribution < 1.29 is 27.8 Å². The summed E-state index contributed by atoms with van der Waals surface area (Å²) in [4.78, 5) is 27.6. The minimum atomic E-state index is -1.11. The molecule has 0 atom stereocenters. The number of ketones is 1. The molecule has 30 heavy (non-hydrogen) atoms. The molecule has 2 heterocycles. The van der Waals surface area contributed by atoms with Crippen LogP contribution in [0.3, 0.4) is 0 Å². The smallest absolute Gasteiger partial charge is 0.255 e. The second-order valence-corrected chi connectivity index (χ2v) is 6.63. The van der Waals surface area contributed by atoms with E-state index in [1.807, 2.05) is 13.8 Å². The lowest BCUT2D eigenvalue weighted by molar-refractivity contribution is -0.124. The standard InChI is InChI=1S/C20H16F2N4O4/c1-10(2)13-6-12(9-24-20(13)29-3)30-19-14(21)4-11(5-15(19)22)26-18(28)7-17(27)16(8-23)25-26/h4-6,9-10H,7H2,1-3H3. The van der Waals surface area contributed by atoms with Gasteiger partial charge in [-0.15, -0.1) is 0 Å². The number of carbonyl (C=O) groups is 2. The fourth-order valence-corrected chi connectivity index (χ4v) is 2.77. The van der Waals surface area contributed by atoms with Crippen molar-refractivity contribution in [2.75, 3.05) is 12.1 Å². The minimum absolute atomic E-state index is 0.0214. The second kappa shape index (κ2) is 8.24. The van der Waals surface area contributed by atoms with E-state index in [-0.39, 0.29) is 17.4 Å². The molecule has 8 nitrogen and oxygen atoms in total. The molecule has 3 rings (SSSR count). The number of nitriles is 1. The Morgan fingerprint density at radius 3 is 2.43 bits per heavy atom. The van der Waals surface area contributed by atoms with Crippen LogP contribution >= 0.6 is 0 Å². The Balaban J connectivity index is 1.96. The van der Waals surface area contributed by atoms with Crippen LogP contribution in [0.1, 0.15) is 31.7 Å². The molecule has 0 aliphatic carbocycles. The third-order valence-electron chi connectivity index (χ3n) is 4.23. The van der Waals surface area contributed by atoms with Crippen LogP contribution in [-0.4, -0.2) is 29.5 Å². The summed E-state index contributed by atoms with van der Waals surface area (Å²) in [5.41, 5.74) is -0.117. The molecule has 0 radical (unpaired) electrons. The Labute approximate surface area is 170 Å². The van der Waals surface area contributed by atoms with Crippen LogP contribution in [0.25, 0.3) is 0 Å². The van der Waals surface area contributed by atoms with Gasteiger partial charge in [0.05, 0.1) is 25.4 Å². The summed E-state index contributed by atoms with van der Waals surface area (Å²) < 4.78 is 39.7. The number of hydrogen-bond acceptors (Lipinski definition) is 7. The summed E-state index contributed by atoms with van der Waals surface area (Å²) in [7, 11) is 1.46. The quantitative estimate of drug-likeness (QED) is 0.694. The number of rotatable bonds is 5. The van der Waals surface area contributed by atoms with Gasteiger partial charge in [-0.1, -0.05) is 13.8 Å². The minimum Gasteiger partial charge on any atom is -0.481 e.